The maximum atomic E-state index is 14.5. The molecular weight excluding hydrogens is 1140 g/mol. The molecule has 2 saturated heterocycles. The minimum absolute atomic E-state index is 0.00912. The summed E-state index contributed by atoms with van der Waals surface area (Å²) in [5.74, 6) is -12.3. The van der Waals surface area contributed by atoms with Crippen LogP contribution in [0.2, 0.25) is 0 Å². The molecule has 0 spiro atoms. The number of nitrogens with two attached hydrogens (primary N) is 1. The molecule has 10 atom stereocenters. The molecule has 0 aromatic heterocycles. The van der Waals surface area contributed by atoms with Crippen molar-refractivity contribution in [2.45, 2.75) is 146 Å². The number of phenolic OH excluding ortho intramolecular Hbond substituents is 3. The van der Waals surface area contributed by atoms with Crippen LogP contribution in [0.1, 0.15) is 82.9 Å². The van der Waals surface area contributed by atoms with E-state index in [0.717, 1.165) is 4.90 Å². The molecule has 0 radical (unpaired) electrons. The van der Waals surface area contributed by atoms with Gasteiger partial charge in [0.25, 0.3) is 0 Å². The zero-order valence-electron chi connectivity index (χ0n) is 48.3. The molecule has 27 nitrogen and oxygen atoms in total. The SMILES string of the molecule is CSCC(N)C(=O)NC(Cc1ccc(O)cc1)C(=O)N1CCCC1C(=O)NC(Cc1ccc(O)cc1)C(=O)NC(CC(=O)O)C(=O)NC(C(=O)N1CCCC1C(=O)NC(CC(=O)O)C(=O)NC(Cc1ccc(O)cc1)C(=O)NC(C)C(C)=O)C(C)C. The van der Waals surface area contributed by atoms with Crippen LogP contribution in [0.3, 0.4) is 0 Å². The Morgan fingerprint density at radius 2 is 0.872 bits per heavy atom. The van der Waals surface area contributed by atoms with E-state index in [-0.39, 0.29) is 74.6 Å². The predicted molar refractivity (Wildman–Crippen MR) is 310 cm³/mol. The van der Waals surface area contributed by atoms with E-state index < -0.39 is 150 Å². The number of ketones is 1. The number of carboxylic acid groups (broad SMARTS) is 2. The number of benzene rings is 3. The number of carboxylic acids is 2. The summed E-state index contributed by atoms with van der Waals surface area (Å²) < 4.78 is 0. The highest BCUT2D eigenvalue weighted by Gasteiger charge is 2.43. The van der Waals surface area contributed by atoms with Crippen LogP contribution < -0.4 is 43.0 Å². The Hall–Kier alpha value is -8.79. The van der Waals surface area contributed by atoms with Gasteiger partial charge in [0.15, 0.2) is 5.78 Å². The minimum atomic E-state index is -1.90. The summed E-state index contributed by atoms with van der Waals surface area (Å²) in [6.07, 6.45) is -0.0955. The van der Waals surface area contributed by atoms with Crippen LogP contribution in [0, 0.1) is 5.92 Å². The molecule has 5 rings (SSSR count). The topological polar surface area (TPSA) is 423 Å². The van der Waals surface area contributed by atoms with E-state index in [1.807, 2.05) is 0 Å². The second kappa shape index (κ2) is 31.9. The van der Waals surface area contributed by atoms with Crippen LogP contribution in [0.5, 0.6) is 17.2 Å². The molecule has 2 heterocycles. The van der Waals surface area contributed by atoms with Crippen molar-refractivity contribution in [3.05, 3.63) is 89.5 Å². The molecule has 14 N–H and O–H groups in total. The number of hydrogen-bond donors (Lipinski definition) is 13. The average Bonchev–Trinajstić information content (AvgIpc) is 2.65. The van der Waals surface area contributed by atoms with Crippen LogP contribution in [-0.2, 0) is 76.8 Å². The van der Waals surface area contributed by atoms with Gasteiger partial charge in [-0.25, -0.2) is 0 Å². The summed E-state index contributed by atoms with van der Waals surface area (Å²) in [4.78, 5) is 165. The Labute approximate surface area is 500 Å². The van der Waals surface area contributed by atoms with E-state index in [4.69, 9.17) is 5.73 Å². The summed E-state index contributed by atoms with van der Waals surface area (Å²) in [5.41, 5.74) is 7.49. The van der Waals surface area contributed by atoms with Gasteiger partial charge in [0.05, 0.1) is 24.9 Å². The summed E-state index contributed by atoms with van der Waals surface area (Å²) in [5, 5.41) is 67.2. The Bertz CT molecular complexity index is 2950. The van der Waals surface area contributed by atoms with Gasteiger partial charge in [-0.1, -0.05) is 50.2 Å². The highest BCUT2D eigenvalue weighted by Crippen LogP contribution is 2.24. The van der Waals surface area contributed by atoms with Crippen LogP contribution in [0.25, 0.3) is 0 Å². The maximum Gasteiger partial charge on any atom is 0.305 e. The van der Waals surface area contributed by atoms with E-state index in [0.29, 0.717) is 23.1 Å². The first-order chi connectivity index (χ1) is 40.6. The predicted octanol–water partition coefficient (Wildman–Crippen LogP) is -0.889. The standard InChI is InChI=1S/C58H76N10O17S/c1-30(2)49(58(85)68-23-7-9-46(68)56(83)64-42(27-47(73)74)53(80)61-40(51(78)60-31(3)32(4)69)24-33-10-16-36(70)17-11-33)66-54(81)43(28-48(75)76)62-52(79)41(25-34-12-18-37(71)19-13-34)63-55(82)45-8-6-22-67(45)57(84)44(65-50(77)39(59)29-86-5)26-35-14-20-38(72)21-15-35/h10-21,30-31,39-46,49,70-72H,6-9,22-29,59H2,1-5H3,(H,60,78)(H,61,80)(H,62,79)(H,63,82)(H,64,83)(H,65,77)(H,66,81)(H,73,74)(H,75,76). The van der Waals surface area contributed by atoms with Crippen molar-refractivity contribution in [3.8, 4) is 17.2 Å². The van der Waals surface area contributed by atoms with Crippen molar-refractivity contribution < 1.29 is 83.1 Å². The lowest BCUT2D eigenvalue weighted by Crippen LogP contribution is -2.61. The highest BCUT2D eigenvalue weighted by molar-refractivity contribution is 7.98. The Kier molecular flexibility index (Phi) is 25.2. The molecule has 86 heavy (non-hydrogen) atoms. The zero-order valence-corrected chi connectivity index (χ0v) is 49.1. The number of likely N-dealkylation sites (tertiary alicyclic amines) is 2. The third-order valence-corrected chi connectivity index (χ3v) is 15.3. The van der Waals surface area contributed by atoms with Gasteiger partial charge >= 0.3 is 11.9 Å². The van der Waals surface area contributed by atoms with Crippen molar-refractivity contribution in [2.75, 3.05) is 25.1 Å². The quantitative estimate of drug-likeness (QED) is 0.0385. The van der Waals surface area contributed by atoms with Gasteiger partial charge in [-0.3, -0.25) is 57.5 Å². The van der Waals surface area contributed by atoms with Crippen molar-refractivity contribution in [1.29, 1.82) is 0 Å². The molecule has 2 aliphatic heterocycles. The molecule has 2 aliphatic rings. The number of thioether (sulfide) groups is 1. The lowest BCUT2D eigenvalue weighted by atomic mass is 10.0. The van der Waals surface area contributed by atoms with E-state index in [2.05, 4.69) is 37.2 Å². The van der Waals surface area contributed by atoms with Crippen LogP contribution in [-0.4, -0.2) is 192 Å². The van der Waals surface area contributed by atoms with E-state index >= 15 is 0 Å². The summed E-state index contributed by atoms with van der Waals surface area (Å²) in [7, 11) is 0. The van der Waals surface area contributed by atoms with E-state index in [9.17, 15) is 83.1 Å². The van der Waals surface area contributed by atoms with Crippen molar-refractivity contribution in [1.82, 2.24) is 47.0 Å². The van der Waals surface area contributed by atoms with Gasteiger partial charge in [-0.05, 0) is 105 Å². The Morgan fingerprint density at radius 3 is 1.30 bits per heavy atom. The molecule has 9 amide bonds. The molecule has 28 heteroatoms. The first kappa shape index (κ1) is 68.0. The number of aromatic hydroxyl groups is 3. The molecule has 3 aromatic carbocycles. The first-order valence-electron chi connectivity index (χ1n) is 27.9. The number of nitrogens with one attached hydrogen (secondary N) is 7. The number of rotatable bonds is 30. The van der Waals surface area contributed by atoms with E-state index in [1.54, 1.807) is 18.4 Å². The summed E-state index contributed by atoms with van der Waals surface area (Å²) in [6.45, 7) is 5.74. The van der Waals surface area contributed by atoms with Crippen molar-refractivity contribution in [2.24, 2.45) is 11.7 Å². The average molecular weight is 1220 g/mol. The summed E-state index contributed by atoms with van der Waals surface area (Å²) >= 11 is 1.32. The molecule has 0 saturated carbocycles. The zero-order chi connectivity index (χ0) is 63.5. The number of carbonyl (C=O) groups is 12. The van der Waals surface area contributed by atoms with Gasteiger partial charge in [0, 0.05) is 38.1 Å². The fraction of sp³-hybridized carbons (Fsp3) is 0.483. The van der Waals surface area contributed by atoms with Gasteiger partial charge < -0.3 is 78.3 Å². The second-order valence-electron chi connectivity index (χ2n) is 21.6. The van der Waals surface area contributed by atoms with Crippen LogP contribution >= 0.6 is 11.8 Å². The number of aliphatic carboxylic acids is 2. The van der Waals surface area contributed by atoms with Gasteiger partial charge in [-0.2, -0.15) is 11.8 Å². The third kappa shape index (κ3) is 19.9. The highest BCUT2D eigenvalue weighted by atomic mass is 32.2. The van der Waals surface area contributed by atoms with Crippen LogP contribution in [0.4, 0.5) is 0 Å². The number of amides is 9. The molecule has 10 unspecified atom stereocenters. The monoisotopic (exact) mass is 1220 g/mol. The van der Waals surface area contributed by atoms with Crippen molar-refractivity contribution >= 4 is 82.6 Å². The van der Waals surface area contributed by atoms with Crippen molar-refractivity contribution in [3.63, 3.8) is 0 Å². The maximum absolute atomic E-state index is 14.5. The number of hydrogen-bond acceptors (Lipinski definition) is 17. The lowest BCUT2D eigenvalue weighted by Gasteiger charge is -2.32. The molecule has 466 valence electrons. The second-order valence-corrected chi connectivity index (χ2v) is 22.5. The normalized spacial score (nSPS) is 17.5. The number of phenols is 3. The largest absolute Gasteiger partial charge is 0.508 e. The fourth-order valence-electron chi connectivity index (χ4n) is 9.77. The first-order valence-corrected chi connectivity index (χ1v) is 29.3. The molecule has 2 fully saturated rings. The molecule has 0 aliphatic carbocycles. The van der Waals surface area contributed by atoms with Gasteiger partial charge in [-0.15, -0.1) is 0 Å². The number of Topliss-reactive ketones (excluding diaryl/α,β-unsaturated/α-hetero) is 1. The smallest absolute Gasteiger partial charge is 0.305 e. The van der Waals surface area contributed by atoms with Gasteiger partial charge in [0.2, 0.25) is 53.2 Å². The Balaban J connectivity index is 1.34. The number of nitrogens with zero attached hydrogens (tertiary/aromatic N) is 2. The molecule has 3 aromatic rings. The molecule has 0 bridgehead atoms. The van der Waals surface area contributed by atoms with E-state index in [1.165, 1.54) is 105 Å². The fourth-order valence-corrected chi connectivity index (χ4v) is 10.3. The number of carbonyl (C=O) groups excluding carboxylic acids is 10. The third-order valence-electron chi connectivity index (χ3n) is 14.6. The summed E-state index contributed by atoms with van der Waals surface area (Å²) in [6, 6.07) is 3.21. The van der Waals surface area contributed by atoms with Gasteiger partial charge in [0.1, 0.15) is 65.6 Å². The van der Waals surface area contributed by atoms with Crippen LogP contribution in [0.15, 0.2) is 72.8 Å². The molecular formula is C58H76N10O17S. The minimum Gasteiger partial charge on any atom is -0.508 e. The Morgan fingerprint density at radius 1 is 0.512 bits per heavy atom. The lowest BCUT2D eigenvalue weighted by molar-refractivity contribution is -0.145.